The van der Waals surface area contributed by atoms with Crippen LogP contribution >= 0.6 is 0 Å². The quantitative estimate of drug-likeness (QED) is 0.547. The molecule has 26 heavy (non-hydrogen) atoms. The minimum absolute atomic E-state index is 0.305. The zero-order valence-corrected chi connectivity index (χ0v) is 14.3. The molecule has 3 aromatic heterocycles. The van der Waals surface area contributed by atoms with Crippen LogP contribution in [-0.2, 0) is 0 Å². The van der Waals surface area contributed by atoms with Crippen molar-refractivity contribution in [1.29, 1.82) is 0 Å². The zero-order valence-electron chi connectivity index (χ0n) is 14.3. The van der Waals surface area contributed by atoms with Gasteiger partial charge in [-0.25, -0.2) is 18.7 Å². The molecule has 0 aliphatic carbocycles. The molecule has 1 aromatic carbocycles. The maximum atomic E-state index is 13.8. The Morgan fingerprint density at radius 2 is 1.96 bits per heavy atom. The molecule has 0 unspecified atom stereocenters. The van der Waals surface area contributed by atoms with Gasteiger partial charge in [-0.05, 0) is 31.5 Å². The molecule has 7 heteroatoms. The number of benzene rings is 1. The highest BCUT2D eigenvalue weighted by atomic mass is 19.2. The summed E-state index contributed by atoms with van der Waals surface area (Å²) in [4.78, 5) is 8.82. The molecule has 0 aliphatic rings. The second-order valence-corrected chi connectivity index (χ2v) is 5.96. The van der Waals surface area contributed by atoms with Gasteiger partial charge in [-0.3, -0.25) is 0 Å². The molecule has 5 nitrogen and oxygen atoms in total. The monoisotopic (exact) mass is 354 g/mol. The maximum Gasteiger partial charge on any atom is 0.169 e. The van der Waals surface area contributed by atoms with Gasteiger partial charge in [-0.1, -0.05) is 13.0 Å². The maximum absolute atomic E-state index is 13.8. The second-order valence-electron chi connectivity index (χ2n) is 5.96. The number of aromatic nitrogens is 4. The van der Waals surface area contributed by atoms with E-state index >= 15 is 0 Å². The van der Waals surface area contributed by atoms with Gasteiger partial charge >= 0.3 is 0 Å². The lowest BCUT2D eigenvalue weighted by atomic mass is 10.1. The van der Waals surface area contributed by atoms with Crippen LogP contribution in [0, 0.1) is 18.6 Å². The van der Waals surface area contributed by atoms with Crippen molar-refractivity contribution in [2.75, 3.05) is 6.61 Å². The third kappa shape index (κ3) is 2.56. The van der Waals surface area contributed by atoms with E-state index in [9.17, 15) is 8.78 Å². The minimum Gasteiger partial charge on any atom is -0.492 e. The summed E-state index contributed by atoms with van der Waals surface area (Å²) in [6.45, 7) is 4.25. The van der Waals surface area contributed by atoms with Gasteiger partial charge in [0.25, 0.3) is 0 Å². The predicted molar refractivity (Wildman–Crippen MR) is 94.6 cm³/mol. The van der Waals surface area contributed by atoms with Crippen molar-refractivity contribution in [2.24, 2.45) is 0 Å². The molecule has 0 aliphatic heterocycles. The first-order valence-electron chi connectivity index (χ1n) is 8.32. The highest BCUT2D eigenvalue weighted by Crippen LogP contribution is 2.36. The molecule has 0 radical (unpaired) electrons. The number of ether oxygens (including phenoxy) is 1. The molecule has 0 saturated carbocycles. The predicted octanol–water partition coefficient (Wildman–Crippen LogP) is 4.34. The van der Waals surface area contributed by atoms with Crippen LogP contribution in [-0.4, -0.2) is 26.4 Å². The van der Waals surface area contributed by atoms with Crippen molar-refractivity contribution in [3.63, 3.8) is 0 Å². The lowest BCUT2D eigenvalue weighted by Crippen LogP contribution is -2.02. The molecule has 0 atom stereocenters. The van der Waals surface area contributed by atoms with E-state index in [4.69, 9.17) is 4.74 Å². The average Bonchev–Trinajstić information content (AvgIpc) is 2.97. The number of nitrogens with zero attached hydrogens (tertiary/aromatic N) is 4. The summed E-state index contributed by atoms with van der Waals surface area (Å²) < 4.78 is 35.1. The fourth-order valence-electron chi connectivity index (χ4n) is 2.94. The van der Waals surface area contributed by atoms with E-state index in [1.165, 1.54) is 0 Å². The molecule has 0 amide bonds. The van der Waals surface area contributed by atoms with E-state index in [1.807, 2.05) is 19.9 Å². The third-order valence-electron chi connectivity index (χ3n) is 4.09. The summed E-state index contributed by atoms with van der Waals surface area (Å²) in [5, 5.41) is 5.61. The number of rotatable bonds is 4. The number of halogens is 2. The Labute approximate surface area is 148 Å². The first kappa shape index (κ1) is 16.4. The average molecular weight is 354 g/mol. The van der Waals surface area contributed by atoms with Crippen LogP contribution in [0.25, 0.3) is 27.8 Å². The van der Waals surface area contributed by atoms with Gasteiger partial charge in [0.2, 0.25) is 0 Å². The van der Waals surface area contributed by atoms with Crippen LogP contribution in [0.2, 0.25) is 0 Å². The Morgan fingerprint density at radius 3 is 2.69 bits per heavy atom. The van der Waals surface area contributed by atoms with Crippen LogP contribution < -0.4 is 4.74 Å². The van der Waals surface area contributed by atoms with Gasteiger partial charge in [0.15, 0.2) is 23.1 Å². The molecule has 0 spiro atoms. The van der Waals surface area contributed by atoms with E-state index in [-0.39, 0.29) is 0 Å². The van der Waals surface area contributed by atoms with Gasteiger partial charge in [-0.15, -0.1) is 0 Å². The van der Waals surface area contributed by atoms with Crippen LogP contribution in [0.1, 0.15) is 19.0 Å². The fourth-order valence-corrected chi connectivity index (χ4v) is 2.94. The summed E-state index contributed by atoms with van der Waals surface area (Å²) in [6, 6.07) is 7.65. The van der Waals surface area contributed by atoms with Crippen LogP contribution in [0.5, 0.6) is 5.75 Å². The van der Waals surface area contributed by atoms with E-state index in [2.05, 4.69) is 15.1 Å². The first-order valence-corrected chi connectivity index (χ1v) is 8.32. The molecule has 0 saturated heterocycles. The molecule has 4 rings (SSSR count). The minimum atomic E-state index is -0.952. The molecule has 132 valence electrons. The Bertz CT molecular complexity index is 1110. The van der Waals surface area contributed by atoms with Crippen LogP contribution in [0.15, 0.2) is 36.5 Å². The van der Waals surface area contributed by atoms with Gasteiger partial charge in [0.05, 0.1) is 23.2 Å². The standard InChI is InChI=1S/C19H16F2N4O/c1-3-8-26-18-12-9-13(20)14(21)10-15(12)23-19-17(18)11(2)24-25(19)16-6-4-5-7-22-16/h4-7,9-10H,3,8H2,1-2H3. The summed E-state index contributed by atoms with van der Waals surface area (Å²) >= 11 is 0. The molecule has 4 aromatic rings. The highest BCUT2D eigenvalue weighted by molar-refractivity contribution is 6.01. The molecular weight excluding hydrogens is 338 g/mol. The van der Waals surface area contributed by atoms with Crippen molar-refractivity contribution in [3.8, 4) is 11.6 Å². The Kier molecular flexibility index (Phi) is 3.99. The van der Waals surface area contributed by atoms with E-state index in [1.54, 1.807) is 23.0 Å². The SMILES string of the molecule is CCCOc1c2cc(F)c(F)cc2nc2c1c(C)nn2-c1ccccn1. The van der Waals surface area contributed by atoms with Crippen molar-refractivity contribution in [1.82, 2.24) is 19.7 Å². The second kappa shape index (κ2) is 6.33. The number of hydrogen-bond donors (Lipinski definition) is 0. The summed E-state index contributed by atoms with van der Waals surface area (Å²) in [6.07, 6.45) is 2.44. The zero-order chi connectivity index (χ0) is 18.3. The number of aryl methyl sites for hydroxylation is 1. The molecule has 0 N–H and O–H groups in total. The largest absolute Gasteiger partial charge is 0.492 e. The smallest absolute Gasteiger partial charge is 0.169 e. The topological polar surface area (TPSA) is 52.8 Å². The molecule has 3 heterocycles. The molecule has 0 fully saturated rings. The van der Waals surface area contributed by atoms with Crippen LogP contribution in [0.3, 0.4) is 0 Å². The van der Waals surface area contributed by atoms with Crippen molar-refractivity contribution in [2.45, 2.75) is 20.3 Å². The summed E-state index contributed by atoms with van der Waals surface area (Å²) in [5.74, 6) is -0.840. The van der Waals surface area contributed by atoms with Crippen molar-refractivity contribution < 1.29 is 13.5 Å². The number of pyridine rings is 2. The van der Waals surface area contributed by atoms with E-state index < -0.39 is 11.6 Å². The van der Waals surface area contributed by atoms with E-state index in [0.717, 1.165) is 18.6 Å². The Hall–Kier alpha value is -3.09. The van der Waals surface area contributed by atoms with Gasteiger partial charge < -0.3 is 4.74 Å². The highest BCUT2D eigenvalue weighted by Gasteiger charge is 2.21. The molecular formula is C19H16F2N4O. The fraction of sp³-hybridized carbons (Fsp3) is 0.211. The summed E-state index contributed by atoms with van der Waals surface area (Å²) in [5.41, 5.74) is 1.47. The molecule has 0 bridgehead atoms. The van der Waals surface area contributed by atoms with Crippen molar-refractivity contribution >= 4 is 21.9 Å². The number of fused-ring (bicyclic) bond motifs is 2. The normalized spacial score (nSPS) is 11.4. The van der Waals surface area contributed by atoms with Gasteiger partial charge in [0, 0.05) is 17.6 Å². The Morgan fingerprint density at radius 1 is 1.15 bits per heavy atom. The lowest BCUT2D eigenvalue weighted by molar-refractivity contribution is 0.324. The lowest BCUT2D eigenvalue weighted by Gasteiger charge is -2.11. The third-order valence-corrected chi connectivity index (χ3v) is 4.09. The van der Waals surface area contributed by atoms with Crippen LogP contribution in [0.4, 0.5) is 8.78 Å². The first-order chi connectivity index (χ1) is 12.6. The Balaban J connectivity index is 2.10. The van der Waals surface area contributed by atoms with Gasteiger partial charge in [-0.2, -0.15) is 9.78 Å². The number of hydrogen-bond acceptors (Lipinski definition) is 4. The van der Waals surface area contributed by atoms with Crippen molar-refractivity contribution in [3.05, 3.63) is 53.9 Å². The summed E-state index contributed by atoms with van der Waals surface area (Å²) in [7, 11) is 0. The van der Waals surface area contributed by atoms with Gasteiger partial charge in [0.1, 0.15) is 5.75 Å². The van der Waals surface area contributed by atoms with E-state index in [0.29, 0.717) is 45.8 Å².